The Hall–Kier alpha value is -2.94. The van der Waals surface area contributed by atoms with Crippen LogP contribution in [0.2, 0.25) is 0 Å². The third-order valence-corrected chi connectivity index (χ3v) is 3.70. The number of non-ortho nitro benzene ring substituents is 1. The lowest BCUT2D eigenvalue weighted by Gasteiger charge is -2.10. The number of carbonyl (C=O) groups is 2. The van der Waals surface area contributed by atoms with Gasteiger partial charge in [0.1, 0.15) is 5.75 Å². The van der Waals surface area contributed by atoms with E-state index in [4.69, 9.17) is 4.74 Å². The Bertz CT molecular complexity index is 825. The van der Waals surface area contributed by atoms with Crippen molar-refractivity contribution in [2.45, 2.75) is 6.92 Å². The normalized spacial score (nSPS) is 10.0. The molecule has 0 aliphatic heterocycles. The van der Waals surface area contributed by atoms with Crippen LogP contribution < -0.4 is 15.6 Å². The number of rotatable bonds is 5. The summed E-state index contributed by atoms with van der Waals surface area (Å²) in [6, 6.07) is 10.6. The number of nitro groups is 1. The SMILES string of the molecule is Cc1ccc(OCC(=O)NNC(=O)c2cccc([N+](=O)[O-])c2)c(Br)c1. The molecule has 0 radical (unpaired) electrons. The van der Waals surface area contributed by atoms with E-state index >= 15 is 0 Å². The van der Waals surface area contributed by atoms with Crippen molar-refractivity contribution < 1.29 is 19.2 Å². The van der Waals surface area contributed by atoms with E-state index in [0.29, 0.717) is 10.2 Å². The van der Waals surface area contributed by atoms with Crippen LogP contribution in [0, 0.1) is 17.0 Å². The van der Waals surface area contributed by atoms with Crippen molar-refractivity contribution in [2.75, 3.05) is 6.61 Å². The molecule has 2 aromatic carbocycles. The van der Waals surface area contributed by atoms with Crippen LogP contribution in [0.25, 0.3) is 0 Å². The van der Waals surface area contributed by atoms with Gasteiger partial charge in [0.05, 0.1) is 9.40 Å². The summed E-state index contributed by atoms with van der Waals surface area (Å²) < 4.78 is 6.05. The predicted octanol–water partition coefficient (Wildman–Crippen LogP) is 2.51. The number of benzene rings is 2. The number of nitro benzene ring substituents is 1. The molecule has 25 heavy (non-hydrogen) atoms. The molecule has 0 heterocycles. The molecular formula is C16H14BrN3O5. The Kier molecular flexibility index (Phi) is 6.07. The smallest absolute Gasteiger partial charge is 0.276 e. The van der Waals surface area contributed by atoms with Gasteiger partial charge in [-0.2, -0.15) is 0 Å². The van der Waals surface area contributed by atoms with Gasteiger partial charge < -0.3 is 4.74 Å². The van der Waals surface area contributed by atoms with Gasteiger partial charge in [-0.25, -0.2) is 0 Å². The van der Waals surface area contributed by atoms with Crippen molar-refractivity contribution in [3.63, 3.8) is 0 Å². The first kappa shape index (κ1) is 18.4. The van der Waals surface area contributed by atoms with Crippen LogP contribution in [0.3, 0.4) is 0 Å². The van der Waals surface area contributed by atoms with E-state index in [1.807, 2.05) is 19.1 Å². The van der Waals surface area contributed by atoms with Gasteiger partial charge >= 0.3 is 0 Å². The van der Waals surface area contributed by atoms with Crippen LogP contribution >= 0.6 is 15.9 Å². The number of hydrogen-bond donors (Lipinski definition) is 2. The van der Waals surface area contributed by atoms with Crippen molar-refractivity contribution in [2.24, 2.45) is 0 Å². The molecule has 130 valence electrons. The molecule has 0 unspecified atom stereocenters. The number of halogens is 1. The maximum atomic E-state index is 11.9. The fourth-order valence-electron chi connectivity index (χ4n) is 1.86. The zero-order chi connectivity index (χ0) is 18.4. The molecule has 2 rings (SSSR count). The Balaban J connectivity index is 1.86. The molecule has 9 heteroatoms. The van der Waals surface area contributed by atoms with Crippen LogP contribution in [0.5, 0.6) is 5.75 Å². The van der Waals surface area contributed by atoms with Gasteiger partial charge in [0.15, 0.2) is 6.61 Å². The molecule has 2 aromatic rings. The number of amides is 2. The Morgan fingerprint density at radius 1 is 1.20 bits per heavy atom. The molecule has 0 saturated heterocycles. The summed E-state index contributed by atoms with van der Waals surface area (Å²) in [7, 11) is 0. The van der Waals surface area contributed by atoms with Crippen LogP contribution in [-0.4, -0.2) is 23.3 Å². The highest BCUT2D eigenvalue weighted by Gasteiger charge is 2.12. The van der Waals surface area contributed by atoms with Gasteiger partial charge in [-0.05, 0) is 46.6 Å². The number of ether oxygens (including phenoxy) is 1. The van der Waals surface area contributed by atoms with E-state index in [2.05, 4.69) is 26.8 Å². The fourth-order valence-corrected chi connectivity index (χ4v) is 2.47. The van der Waals surface area contributed by atoms with Gasteiger partial charge in [-0.15, -0.1) is 0 Å². The summed E-state index contributed by atoms with van der Waals surface area (Å²) in [5.74, 6) is -0.759. The third-order valence-electron chi connectivity index (χ3n) is 3.08. The van der Waals surface area contributed by atoms with Crippen LogP contribution in [-0.2, 0) is 4.79 Å². The number of aryl methyl sites for hydroxylation is 1. The molecule has 0 aliphatic carbocycles. The number of nitrogens with zero attached hydrogens (tertiary/aromatic N) is 1. The number of hydrogen-bond acceptors (Lipinski definition) is 5. The largest absolute Gasteiger partial charge is 0.483 e. The lowest BCUT2D eigenvalue weighted by molar-refractivity contribution is -0.384. The average molecular weight is 408 g/mol. The number of hydrazine groups is 1. The van der Waals surface area contributed by atoms with Gasteiger partial charge in [-0.3, -0.25) is 30.6 Å². The van der Waals surface area contributed by atoms with Gasteiger partial charge in [-0.1, -0.05) is 12.1 Å². The number of carbonyl (C=O) groups excluding carboxylic acids is 2. The molecule has 8 nitrogen and oxygen atoms in total. The minimum atomic E-state index is -0.673. The summed E-state index contributed by atoms with van der Waals surface area (Å²) in [5, 5.41) is 10.7. The average Bonchev–Trinajstić information content (AvgIpc) is 2.59. The second-order valence-electron chi connectivity index (χ2n) is 5.03. The Morgan fingerprint density at radius 2 is 1.96 bits per heavy atom. The molecule has 0 fully saturated rings. The highest BCUT2D eigenvalue weighted by Crippen LogP contribution is 2.25. The topological polar surface area (TPSA) is 111 Å². The standard InChI is InChI=1S/C16H14BrN3O5/c1-10-5-6-14(13(17)7-10)25-9-15(21)18-19-16(22)11-3-2-4-12(8-11)20(23)24/h2-8H,9H2,1H3,(H,18,21)(H,19,22). The molecule has 0 atom stereocenters. The van der Waals surface area contributed by atoms with E-state index in [0.717, 1.165) is 11.6 Å². The second-order valence-corrected chi connectivity index (χ2v) is 5.89. The van der Waals surface area contributed by atoms with Crippen molar-refractivity contribution in [1.82, 2.24) is 10.9 Å². The Morgan fingerprint density at radius 3 is 2.64 bits per heavy atom. The summed E-state index contributed by atoms with van der Waals surface area (Å²) in [5.41, 5.74) is 5.23. The molecule has 0 bridgehead atoms. The Labute approximate surface area is 151 Å². The van der Waals surface area contributed by atoms with E-state index in [1.54, 1.807) is 6.07 Å². The maximum absolute atomic E-state index is 11.9. The fraction of sp³-hybridized carbons (Fsp3) is 0.125. The first-order valence-electron chi connectivity index (χ1n) is 7.09. The van der Waals surface area contributed by atoms with E-state index in [-0.39, 0.29) is 17.9 Å². The van der Waals surface area contributed by atoms with Crippen molar-refractivity contribution >= 4 is 33.4 Å². The van der Waals surface area contributed by atoms with E-state index < -0.39 is 16.7 Å². The molecule has 0 aliphatic rings. The summed E-state index contributed by atoms with van der Waals surface area (Å²) >= 11 is 3.33. The first-order valence-corrected chi connectivity index (χ1v) is 7.88. The summed E-state index contributed by atoms with van der Waals surface area (Å²) in [4.78, 5) is 33.7. The lowest BCUT2D eigenvalue weighted by Crippen LogP contribution is -2.43. The van der Waals surface area contributed by atoms with Crippen LogP contribution in [0.15, 0.2) is 46.9 Å². The maximum Gasteiger partial charge on any atom is 0.276 e. The zero-order valence-electron chi connectivity index (χ0n) is 13.1. The second kappa shape index (κ2) is 8.25. The predicted molar refractivity (Wildman–Crippen MR) is 93.1 cm³/mol. The summed E-state index contributed by atoms with van der Waals surface area (Å²) in [6.45, 7) is 1.61. The molecule has 0 saturated carbocycles. The molecule has 0 spiro atoms. The summed E-state index contributed by atoms with van der Waals surface area (Å²) in [6.07, 6.45) is 0. The van der Waals surface area contributed by atoms with Crippen LogP contribution in [0.4, 0.5) is 5.69 Å². The van der Waals surface area contributed by atoms with Gasteiger partial charge in [0, 0.05) is 17.7 Å². The molecule has 2 N–H and O–H groups in total. The highest BCUT2D eigenvalue weighted by molar-refractivity contribution is 9.10. The molecular weight excluding hydrogens is 394 g/mol. The van der Waals surface area contributed by atoms with Gasteiger partial charge in [0.25, 0.3) is 17.5 Å². The first-order chi connectivity index (χ1) is 11.9. The number of nitrogens with one attached hydrogen (secondary N) is 2. The van der Waals surface area contributed by atoms with Gasteiger partial charge in [0.2, 0.25) is 0 Å². The minimum Gasteiger partial charge on any atom is -0.483 e. The quantitative estimate of drug-likeness (QED) is 0.584. The monoisotopic (exact) mass is 407 g/mol. The third kappa shape index (κ3) is 5.28. The van der Waals surface area contributed by atoms with Crippen molar-refractivity contribution in [3.05, 3.63) is 68.2 Å². The van der Waals surface area contributed by atoms with Crippen LogP contribution in [0.1, 0.15) is 15.9 Å². The van der Waals surface area contributed by atoms with Crippen molar-refractivity contribution in [3.8, 4) is 5.75 Å². The van der Waals surface area contributed by atoms with E-state index in [1.165, 1.54) is 18.2 Å². The zero-order valence-corrected chi connectivity index (χ0v) is 14.7. The molecule has 0 aromatic heterocycles. The lowest BCUT2D eigenvalue weighted by atomic mass is 10.2. The minimum absolute atomic E-state index is 0.0525. The van der Waals surface area contributed by atoms with Crippen molar-refractivity contribution in [1.29, 1.82) is 0 Å². The van der Waals surface area contributed by atoms with E-state index in [9.17, 15) is 19.7 Å². The molecule has 2 amide bonds. The highest BCUT2D eigenvalue weighted by atomic mass is 79.9.